The van der Waals surface area contributed by atoms with Crippen molar-refractivity contribution >= 4 is 5.91 Å². The second kappa shape index (κ2) is 7.99. The molecule has 1 N–H and O–H groups in total. The van der Waals surface area contributed by atoms with Gasteiger partial charge in [0.2, 0.25) is 0 Å². The third-order valence-corrected chi connectivity index (χ3v) is 4.17. The molecule has 1 unspecified atom stereocenters. The Labute approximate surface area is 141 Å². The zero-order valence-electron chi connectivity index (χ0n) is 13.7. The van der Waals surface area contributed by atoms with Crippen LogP contribution in [0.1, 0.15) is 22.2 Å². The van der Waals surface area contributed by atoms with Crippen LogP contribution in [0.5, 0.6) is 5.75 Å². The van der Waals surface area contributed by atoms with E-state index in [-0.39, 0.29) is 11.9 Å². The van der Waals surface area contributed by atoms with Crippen LogP contribution in [-0.4, -0.2) is 50.8 Å². The van der Waals surface area contributed by atoms with Gasteiger partial charge in [-0.2, -0.15) is 0 Å². The second-order valence-corrected chi connectivity index (χ2v) is 5.59. The fraction of sp³-hybridized carbons (Fsp3) is 0.389. The van der Waals surface area contributed by atoms with Crippen LogP contribution in [0.25, 0.3) is 0 Å². The molecule has 6 heteroatoms. The molecule has 0 spiro atoms. The maximum absolute atomic E-state index is 12.5. The Morgan fingerprint density at radius 1 is 1.25 bits per heavy atom. The summed E-state index contributed by atoms with van der Waals surface area (Å²) in [6.45, 7) is 3.48. The van der Waals surface area contributed by atoms with Crippen molar-refractivity contribution in [1.29, 1.82) is 0 Å². The van der Waals surface area contributed by atoms with Crippen molar-refractivity contribution in [3.05, 3.63) is 54.0 Å². The van der Waals surface area contributed by atoms with Gasteiger partial charge in [-0.05, 0) is 24.3 Å². The maximum atomic E-state index is 12.5. The third-order valence-electron chi connectivity index (χ3n) is 4.17. The van der Waals surface area contributed by atoms with Crippen molar-refractivity contribution < 1.29 is 18.7 Å². The number of carbonyl (C=O) groups excluding carboxylic acids is 1. The molecule has 24 heavy (non-hydrogen) atoms. The Kier molecular flexibility index (Phi) is 5.51. The number of nitrogens with one attached hydrogen (secondary N) is 1. The number of hydrogen-bond acceptors (Lipinski definition) is 5. The Balaban J connectivity index is 1.70. The molecule has 128 valence electrons. The van der Waals surface area contributed by atoms with E-state index in [1.54, 1.807) is 25.5 Å². The number of methoxy groups -OCH3 is 1. The molecule has 1 saturated heterocycles. The molecule has 2 heterocycles. The smallest absolute Gasteiger partial charge is 0.255 e. The Bertz CT molecular complexity index is 651. The van der Waals surface area contributed by atoms with E-state index in [4.69, 9.17) is 13.9 Å². The first-order valence-electron chi connectivity index (χ1n) is 8.06. The van der Waals surface area contributed by atoms with E-state index in [0.29, 0.717) is 31.1 Å². The van der Waals surface area contributed by atoms with Gasteiger partial charge in [0.05, 0.1) is 38.2 Å². The molecule has 0 aliphatic carbocycles. The monoisotopic (exact) mass is 330 g/mol. The molecular formula is C18H22N2O4. The number of nitrogens with zero attached hydrogens (tertiary/aromatic N) is 1. The summed E-state index contributed by atoms with van der Waals surface area (Å²) in [6, 6.07) is 11.0. The average molecular weight is 330 g/mol. The number of morpholine rings is 1. The van der Waals surface area contributed by atoms with E-state index < -0.39 is 0 Å². The van der Waals surface area contributed by atoms with Crippen LogP contribution in [0.15, 0.2) is 47.1 Å². The first-order chi connectivity index (χ1) is 11.8. The number of benzene rings is 1. The number of amides is 1. The molecule has 1 amide bonds. The fourth-order valence-electron chi connectivity index (χ4n) is 2.90. The molecule has 0 bridgehead atoms. The van der Waals surface area contributed by atoms with Crippen molar-refractivity contribution in [1.82, 2.24) is 10.2 Å². The van der Waals surface area contributed by atoms with E-state index in [1.807, 2.05) is 24.3 Å². The molecule has 1 aliphatic rings. The predicted octanol–water partition coefficient (Wildman–Crippen LogP) is 2.09. The quantitative estimate of drug-likeness (QED) is 0.879. The third kappa shape index (κ3) is 3.77. The van der Waals surface area contributed by atoms with Crippen molar-refractivity contribution in [3.63, 3.8) is 0 Å². The zero-order valence-corrected chi connectivity index (χ0v) is 13.7. The summed E-state index contributed by atoms with van der Waals surface area (Å²) in [7, 11) is 1.56. The molecule has 1 fully saturated rings. The number of carbonyl (C=O) groups is 1. The molecule has 1 aliphatic heterocycles. The average Bonchev–Trinajstić information content (AvgIpc) is 3.17. The number of rotatable bonds is 6. The zero-order chi connectivity index (χ0) is 16.8. The van der Waals surface area contributed by atoms with Crippen LogP contribution in [-0.2, 0) is 4.74 Å². The summed E-state index contributed by atoms with van der Waals surface area (Å²) >= 11 is 0. The van der Waals surface area contributed by atoms with E-state index in [2.05, 4.69) is 10.2 Å². The molecule has 0 saturated carbocycles. The molecule has 3 rings (SSSR count). The van der Waals surface area contributed by atoms with Gasteiger partial charge >= 0.3 is 0 Å². The maximum Gasteiger partial charge on any atom is 0.255 e. The Hall–Kier alpha value is -2.31. The van der Waals surface area contributed by atoms with E-state index in [9.17, 15) is 4.79 Å². The lowest BCUT2D eigenvalue weighted by Gasteiger charge is -2.33. The first-order valence-corrected chi connectivity index (χ1v) is 8.06. The lowest BCUT2D eigenvalue weighted by Crippen LogP contribution is -2.43. The van der Waals surface area contributed by atoms with E-state index in [0.717, 1.165) is 18.8 Å². The number of ether oxygens (including phenoxy) is 2. The SMILES string of the molecule is COc1ccccc1C(=O)NCC(c1ccco1)N1CCOCC1. The van der Waals surface area contributed by atoms with Gasteiger partial charge < -0.3 is 19.2 Å². The minimum Gasteiger partial charge on any atom is -0.496 e. The minimum atomic E-state index is -0.155. The van der Waals surface area contributed by atoms with Gasteiger partial charge in [-0.25, -0.2) is 0 Å². The normalized spacial score (nSPS) is 16.5. The van der Waals surface area contributed by atoms with Crippen molar-refractivity contribution in [3.8, 4) is 5.75 Å². The highest BCUT2D eigenvalue weighted by Crippen LogP contribution is 2.22. The van der Waals surface area contributed by atoms with Gasteiger partial charge in [0.1, 0.15) is 11.5 Å². The Morgan fingerprint density at radius 2 is 2.04 bits per heavy atom. The molecular weight excluding hydrogens is 308 g/mol. The number of hydrogen-bond donors (Lipinski definition) is 1. The largest absolute Gasteiger partial charge is 0.496 e. The molecule has 0 radical (unpaired) electrons. The summed E-state index contributed by atoms with van der Waals surface area (Å²) < 4.78 is 16.2. The van der Waals surface area contributed by atoms with Crippen molar-refractivity contribution in [2.75, 3.05) is 40.0 Å². The standard InChI is InChI=1S/C18H22N2O4/c1-22-16-6-3-2-5-14(16)18(21)19-13-15(17-7-4-10-24-17)20-8-11-23-12-9-20/h2-7,10,15H,8-9,11-13H2,1H3,(H,19,21). The number of para-hydroxylation sites is 1. The fourth-order valence-corrected chi connectivity index (χ4v) is 2.90. The second-order valence-electron chi connectivity index (χ2n) is 5.59. The first kappa shape index (κ1) is 16.5. The highest BCUT2D eigenvalue weighted by atomic mass is 16.5. The summed E-state index contributed by atoms with van der Waals surface area (Å²) in [4.78, 5) is 14.8. The lowest BCUT2D eigenvalue weighted by atomic mass is 10.1. The molecule has 1 aromatic carbocycles. The molecule has 1 aromatic heterocycles. The molecule has 1 atom stereocenters. The van der Waals surface area contributed by atoms with Gasteiger partial charge in [-0.1, -0.05) is 12.1 Å². The predicted molar refractivity (Wildman–Crippen MR) is 89.2 cm³/mol. The lowest BCUT2D eigenvalue weighted by molar-refractivity contribution is 0.0118. The topological polar surface area (TPSA) is 63.9 Å². The molecule has 2 aromatic rings. The summed E-state index contributed by atoms with van der Waals surface area (Å²) in [5, 5.41) is 3.00. The van der Waals surface area contributed by atoms with Crippen molar-refractivity contribution in [2.45, 2.75) is 6.04 Å². The Morgan fingerprint density at radius 3 is 2.75 bits per heavy atom. The minimum absolute atomic E-state index is 0.0115. The van der Waals surface area contributed by atoms with Gasteiger partial charge in [0.15, 0.2) is 0 Å². The van der Waals surface area contributed by atoms with Crippen LogP contribution in [0.2, 0.25) is 0 Å². The van der Waals surface area contributed by atoms with E-state index in [1.165, 1.54) is 0 Å². The van der Waals surface area contributed by atoms with Crippen LogP contribution >= 0.6 is 0 Å². The van der Waals surface area contributed by atoms with Gasteiger partial charge in [-0.15, -0.1) is 0 Å². The summed E-state index contributed by atoms with van der Waals surface area (Å²) in [5.74, 6) is 1.26. The molecule has 6 nitrogen and oxygen atoms in total. The highest BCUT2D eigenvalue weighted by molar-refractivity contribution is 5.96. The number of furan rings is 1. The van der Waals surface area contributed by atoms with Gasteiger partial charge in [0, 0.05) is 19.6 Å². The van der Waals surface area contributed by atoms with Crippen LogP contribution in [0, 0.1) is 0 Å². The highest BCUT2D eigenvalue weighted by Gasteiger charge is 2.25. The van der Waals surface area contributed by atoms with Crippen LogP contribution in [0.3, 0.4) is 0 Å². The summed E-state index contributed by atoms with van der Waals surface area (Å²) in [6.07, 6.45) is 1.66. The van der Waals surface area contributed by atoms with Crippen molar-refractivity contribution in [2.24, 2.45) is 0 Å². The van der Waals surface area contributed by atoms with E-state index >= 15 is 0 Å². The van der Waals surface area contributed by atoms with Crippen LogP contribution in [0.4, 0.5) is 0 Å². The van der Waals surface area contributed by atoms with Gasteiger partial charge in [0.25, 0.3) is 5.91 Å². The van der Waals surface area contributed by atoms with Gasteiger partial charge in [-0.3, -0.25) is 9.69 Å². The van der Waals surface area contributed by atoms with Crippen LogP contribution < -0.4 is 10.1 Å². The summed E-state index contributed by atoms with van der Waals surface area (Å²) in [5.41, 5.74) is 0.528.